The Morgan fingerprint density at radius 2 is 2.00 bits per heavy atom. The van der Waals surface area contributed by atoms with Gasteiger partial charge in [0.2, 0.25) is 10.0 Å². The largest absolute Gasteiger partial charge is 0.251 e. The fourth-order valence-electron chi connectivity index (χ4n) is 1.34. The molecule has 2 aromatic rings. The standard InChI is InChI=1S/C10H11BrN4O2S/c11-9-1-3-10(4-2-9)18(16,17)13-6-8-15-7-5-12-14-15/h1-5,7,13H,6,8H2. The molecule has 1 aromatic carbocycles. The van der Waals surface area contributed by atoms with Crippen LogP contribution in [0.4, 0.5) is 0 Å². The molecule has 1 heterocycles. The molecule has 0 saturated heterocycles. The number of sulfonamides is 1. The monoisotopic (exact) mass is 330 g/mol. The Morgan fingerprint density at radius 3 is 2.61 bits per heavy atom. The zero-order valence-corrected chi connectivity index (χ0v) is 11.7. The number of hydrogen-bond acceptors (Lipinski definition) is 4. The highest BCUT2D eigenvalue weighted by Crippen LogP contribution is 2.14. The minimum absolute atomic E-state index is 0.240. The number of benzene rings is 1. The van der Waals surface area contributed by atoms with Gasteiger partial charge in [0.15, 0.2) is 0 Å². The van der Waals surface area contributed by atoms with E-state index in [9.17, 15) is 8.42 Å². The van der Waals surface area contributed by atoms with Crippen molar-refractivity contribution < 1.29 is 8.42 Å². The summed E-state index contributed by atoms with van der Waals surface area (Å²) < 4.78 is 28.7. The van der Waals surface area contributed by atoms with Crippen LogP contribution in [0, 0.1) is 0 Å². The van der Waals surface area contributed by atoms with Crippen LogP contribution in [-0.4, -0.2) is 30.0 Å². The second kappa shape index (κ2) is 5.59. The molecular formula is C10H11BrN4O2S. The average molecular weight is 331 g/mol. The third-order valence-electron chi connectivity index (χ3n) is 2.23. The summed E-state index contributed by atoms with van der Waals surface area (Å²) in [6.45, 7) is 0.706. The number of nitrogens with one attached hydrogen (secondary N) is 1. The Bertz CT molecular complexity index is 595. The van der Waals surface area contributed by atoms with Crippen molar-refractivity contribution in [3.05, 3.63) is 41.1 Å². The van der Waals surface area contributed by atoms with Crippen molar-refractivity contribution in [1.82, 2.24) is 19.7 Å². The van der Waals surface area contributed by atoms with Crippen LogP contribution >= 0.6 is 15.9 Å². The van der Waals surface area contributed by atoms with E-state index in [-0.39, 0.29) is 11.4 Å². The van der Waals surface area contributed by atoms with Gasteiger partial charge < -0.3 is 0 Å². The highest BCUT2D eigenvalue weighted by atomic mass is 79.9. The number of nitrogens with zero attached hydrogens (tertiary/aromatic N) is 3. The summed E-state index contributed by atoms with van der Waals surface area (Å²) in [6, 6.07) is 6.46. The van der Waals surface area contributed by atoms with Crippen molar-refractivity contribution in [2.24, 2.45) is 0 Å². The first-order valence-corrected chi connectivity index (χ1v) is 7.45. The lowest BCUT2D eigenvalue weighted by Crippen LogP contribution is -2.27. The molecule has 0 bridgehead atoms. The number of rotatable bonds is 5. The first-order valence-electron chi connectivity index (χ1n) is 5.17. The Morgan fingerprint density at radius 1 is 1.28 bits per heavy atom. The van der Waals surface area contributed by atoms with E-state index >= 15 is 0 Å². The van der Waals surface area contributed by atoms with Gasteiger partial charge in [-0.2, -0.15) is 0 Å². The van der Waals surface area contributed by atoms with E-state index in [0.29, 0.717) is 6.54 Å². The summed E-state index contributed by atoms with van der Waals surface area (Å²) in [4.78, 5) is 0.240. The van der Waals surface area contributed by atoms with Crippen molar-refractivity contribution in [2.75, 3.05) is 6.54 Å². The quantitative estimate of drug-likeness (QED) is 0.887. The van der Waals surface area contributed by atoms with Gasteiger partial charge in [-0.15, -0.1) is 5.10 Å². The molecule has 0 aliphatic heterocycles. The van der Waals surface area contributed by atoms with Crippen LogP contribution in [0.1, 0.15) is 0 Å². The maximum atomic E-state index is 11.9. The smallest absolute Gasteiger partial charge is 0.240 e. The lowest BCUT2D eigenvalue weighted by molar-refractivity contribution is 0.553. The van der Waals surface area contributed by atoms with Crippen LogP contribution in [0.5, 0.6) is 0 Å². The number of aromatic nitrogens is 3. The Labute approximate surface area is 113 Å². The van der Waals surface area contributed by atoms with Gasteiger partial charge in [-0.3, -0.25) is 4.68 Å². The summed E-state index contributed by atoms with van der Waals surface area (Å²) in [5.41, 5.74) is 0. The summed E-state index contributed by atoms with van der Waals surface area (Å²) in [7, 11) is -3.46. The van der Waals surface area contributed by atoms with Crippen molar-refractivity contribution in [3.63, 3.8) is 0 Å². The molecule has 0 fully saturated rings. The average Bonchev–Trinajstić information content (AvgIpc) is 2.82. The molecule has 1 N–H and O–H groups in total. The molecule has 0 aliphatic carbocycles. The van der Waals surface area contributed by atoms with Crippen LogP contribution in [0.3, 0.4) is 0 Å². The van der Waals surface area contributed by atoms with Gasteiger partial charge in [0.1, 0.15) is 0 Å². The molecular weight excluding hydrogens is 320 g/mol. The first kappa shape index (κ1) is 13.2. The second-order valence-electron chi connectivity index (χ2n) is 3.52. The minimum Gasteiger partial charge on any atom is -0.251 e. The van der Waals surface area contributed by atoms with Crippen molar-refractivity contribution in [2.45, 2.75) is 11.4 Å². The Balaban J connectivity index is 1.97. The molecule has 0 atom stereocenters. The van der Waals surface area contributed by atoms with E-state index in [1.54, 1.807) is 41.3 Å². The molecule has 0 unspecified atom stereocenters. The van der Waals surface area contributed by atoms with Crippen molar-refractivity contribution in [3.8, 4) is 0 Å². The molecule has 2 rings (SSSR count). The second-order valence-corrected chi connectivity index (χ2v) is 6.20. The predicted octanol–water partition coefficient (Wildman–Crippen LogP) is 1.02. The van der Waals surface area contributed by atoms with E-state index in [0.717, 1.165) is 4.47 Å². The van der Waals surface area contributed by atoms with Gasteiger partial charge in [0, 0.05) is 17.2 Å². The van der Waals surface area contributed by atoms with E-state index in [2.05, 4.69) is 31.0 Å². The summed E-state index contributed by atoms with van der Waals surface area (Å²) >= 11 is 3.26. The SMILES string of the molecule is O=S(=O)(NCCn1ccnn1)c1ccc(Br)cc1. The number of halogens is 1. The van der Waals surface area contributed by atoms with Crippen LogP contribution < -0.4 is 4.72 Å². The molecule has 0 spiro atoms. The van der Waals surface area contributed by atoms with Crippen molar-refractivity contribution in [1.29, 1.82) is 0 Å². The first-order chi connectivity index (χ1) is 8.58. The van der Waals surface area contributed by atoms with Gasteiger partial charge in [-0.25, -0.2) is 13.1 Å². The van der Waals surface area contributed by atoms with Gasteiger partial charge in [-0.05, 0) is 24.3 Å². The lowest BCUT2D eigenvalue weighted by Gasteiger charge is -2.06. The van der Waals surface area contributed by atoms with E-state index in [1.807, 2.05) is 0 Å². The minimum atomic E-state index is -3.46. The number of hydrogen-bond donors (Lipinski definition) is 1. The fourth-order valence-corrected chi connectivity index (χ4v) is 2.63. The molecule has 0 aliphatic rings. The Kier molecular flexibility index (Phi) is 4.10. The maximum absolute atomic E-state index is 11.9. The maximum Gasteiger partial charge on any atom is 0.240 e. The molecule has 1 aromatic heterocycles. The van der Waals surface area contributed by atoms with E-state index < -0.39 is 10.0 Å². The third kappa shape index (κ3) is 3.37. The molecule has 96 valence electrons. The zero-order valence-electron chi connectivity index (χ0n) is 9.32. The van der Waals surface area contributed by atoms with Gasteiger partial charge >= 0.3 is 0 Å². The highest BCUT2D eigenvalue weighted by molar-refractivity contribution is 9.10. The molecule has 0 saturated carbocycles. The third-order valence-corrected chi connectivity index (χ3v) is 4.23. The van der Waals surface area contributed by atoms with Gasteiger partial charge in [-0.1, -0.05) is 21.1 Å². The molecule has 6 nitrogen and oxygen atoms in total. The topological polar surface area (TPSA) is 76.9 Å². The van der Waals surface area contributed by atoms with Crippen LogP contribution in [0.25, 0.3) is 0 Å². The lowest BCUT2D eigenvalue weighted by atomic mass is 10.4. The van der Waals surface area contributed by atoms with Crippen LogP contribution in [0.2, 0.25) is 0 Å². The van der Waals surface area contributed by atoms with E-state index in [1.165, 1.54) is 0 Å². The molecule has 8 heteroatoms. The summed E-state index contributed by atoms with van der Waals surface area (Å²) in [5, 5.41) is 7.38. The normalized spacial score (nSPS) is 11.6. The van der Waals surface area contributed by atoms with Crippen LogP contribution in [-0.2, 0) is 16.6 Å². The zero-order chi connectivity index (χ0) is 13.0. The molecule has 0 radical (unpaired) electrons. The highest BCUT2D eigenvalue weighted by Gasteiger charge is 2.12. The van der Waals surface area contributed by atoms with Crippen molar-refractivity contribution >= 4 is 26.0 Å². The fraction of sp³-hybridized carbons (Fsp3) is 0.200. The predicted molar refractivity (Wildman–Crippen MR) is 69.4 cm³/mol. The summed E-state index contributed by atoms with van der Waals surface area (Å²) in [5.74, 6) is 0. The van der Waals surface area contributed by atoms with Gasteiger partial charge in [0.25, 0.3) is 0 Å². The Hall–Kier alpha value is -1.25. The van der Waals surface area contributed by atoms with E-state index in [4.69, 9.17) is 0 Å². The van der Waals surface area contributed by atoms with Gasteiger partial charge in [0.05, 0.1) is 17.6 Å². The molecule has 0 amide bonds. The van der Waals surface area contributed by atoms with Crippen LogP contribution in [0.15, 0.2) is 46.0 Å². The molecule has 18 heavy (non-hydrogen) atoms. The summed E-state index contributed by atoms with van der Waals surface area (Å²) in [6.07, 6.45) is 3.22.